The fourth-order valence-electron chi connectivity index (χ4n) is 3.20. The van der Waals surface area contributed by atoms with E-state index in [2.05, 4.69) is 20.8 Å². The van der Waals surface area contributed by atoms with Gasteiger partial charge in [0.05, 0.1) is 32.8 Å². The van der Waals surface area contributed by atoms with Gasteiger partial charge in [0.2, 0.25) is 0 Å². The van der Waals surface area contributed by atoms with Crippen LogP contribution in [-0.4, -0.2) is 44.7 Å². The average Bonchev–Trinajstić information content (AvgIpc) is 2.79. The number of unbranched alkanes of at least 4 members (excludes halogenated alkanes) is 9. The molecule has 32 heavy (non-hydrogen) atoms. The van der Waals surface area contributed by atoms with Crippen molar-refractivity contribution in [1.29, 1.82) is 0 Å². The van der Waals surface area contributed by atoms with Gasteiger partial charge >= 0.3 is 11.9 Å². The van der Waals surface area contributed by atoms with Crippen LogP contribution >= 0.6 is 0 Å². The molecular weight excluding hydrogens is 412 g/mol. The summed E-state index contributed by atoms with van der Waals surface area (Å²) in [4.78, 5) is 47.4. The third-order valence-corrected chi connectivity index (χ3v) is 5.38. The molecule has 0 saturated heterocycles. The van der Waals surface area contributed by atoms with Gasteiger partial charge in [-0.05, 0) is 25.7 Å². The summed E-state index contributed by atoms with van der Waals surface area (Å²) >= 11 is 0. The van der Waals surface area contributed by atoms with Gasteiger partial charge < -0.3 is 14.3 Å². The van der Waals surface area contributed by atoms with Gasteiger partial charge in [-0.1, -0.05) is 78.6 Å². The second-order valence-corrected chi connectivity index (χ2v) is 8.38. The zero-order valence-corrected chi connectivity index (χ0v) is 20.7. The van der Waals surface area contributed by atoms with Crippen LogP contribution in [0.2, 0.25) is 0 Å². The van der Waals surface area contributed by atoms with Crippen molar-refractivity contribution in [2.75, 3.05) is 26.4 Å². The average molecular weight is 459 g/mol. The third kappa shape index (κ3) is 15.4. The summed E-state index contributed by atoms with van der Waals surface area (Å²) in [5.74, 6) is -1.27. The van der Waals surface area contributed by atoms with Crippen LogP contribution in [0, 0.1) is 5.41 Å². The highest BCUT2D eigenvalue weighted by atomic mass is 17.2. The van der Waals surface area contributed by atoms with Gasteiger partial charge in [-0.25, -0.2) is 9.78 Å². The molecule has 1 unspecified atom stereocenters. The standard InChI is InChI=1S/C25H46O7/c1-4-7-10-13-17-29-23(27)21-25(22-26,24(28)30-18-14-11-8-5-2)16-20-32-31-19-15-12-9-6-3/h22H,4-21H2,1-3H3. The molecule has 188 valence electrons. The first kappa shape index (κ1) is 30.5. The molecule has 0 N–H and O–H groups in total. The Morgan fingerprint density at radius 1 is 0.656 bits per heavy atom. The molecule has 0 amide bonds. The smallest absolute Gasteiger partial charge is 0.320 e. The first-order valence-corrected chi connectivity index (χ1v) is 12.6. The maximum atomic E-state index is 12.8. The Labute approximate surface area is 194 Å². The van der Waals surface area contributed by atoms with Crippen molar-refractivity contribution in [3.8, 4) is 0 Å². The molecule has 0 rings (SSSR count). The normalized spacial score (nSPS) is 12.8. The lowest BCUT2D eigenvalue weighted by Crippen LogP contribution is -2.39. The Morgan fingerprint density at radius 2 is 1.16 bits per heavy atom. The van der Waals surface area contributed by atoms with Gasteiger partial charge in [-0.15, -0.1) is 0 Å². The quantitative estimate of drug-likeness (QED) is 0.0482. The number of rotatable bonds is 23. The van der Waals surface area contributed by atoms with Crippen LogP contribution < -0.4 is 0 Å². The van der Waals surface area contributed by atoms with Gasteiger partial charge in [0.15, 0.2) is 0 Å². The van der Waals surface area contributed by atoms with E-state index in [0.717, 1.165) is 77.0 Å². The lowest BCUT2D eigenvalue weighted by Gasteiger charge is -2.24. The van der Waals surface area contributed by atoms with Crippen molar-refractivity contribution in [2.45, 2.75) is 111 Å². The first-order valence-electron chi connectivity index (χ1n) is 12.6. The Balaban J connectivity index is 4.69. The van der Waals surface area contributed by atoms with Gasteiger partial charge in [0.25, 0.3) is 0 Å². The van der Waals surface area contributed by atoms with Crippen LogP contribution in [0.25, 0.3) is 0 Å². The number of hydrogen-bond donors (Lipinski definition) is 0. The van der Waals surface area contributed by atoms with E-state index in [4.69, 9.17) is 19.2 Å². The first-order chi connectivity index (χ1) is 15.6. The Kier molecular flexibility index (Phi) is 20.4. The maximum Gasteiger partial charge on any atom is 0.320 e. The second-order valence-electron chi connectivity index (χ2n) is 8.38. The SMILES string of the molecule is CCCCCCOOCCC(C=O)(CC(=O)OCCCCCC)C(=O)OCCCCCC. The summed E-state index contributed by atoms with van der Waals surface area (Å²) in [6, 6.07) is 0. The van der Waals surface area contributed by atoms with E-state index in [-0.39, 0.29) is 32.7 Å². The predicted octanol–water partition coefficient (Wildman–Crippen LogP) is 5.73. The minimum absolute atomic E-state index is 0.00415. The summed E-state index contributed by atoms with van der Waals surface area (Å²) in [6.07, 6.45) is 12.1. The zero-order valence-electron chi connectivity index (χ0n) is 20.7. The molecule has 0 fully saturated rings. The zero-order chi connectivity index (χ0) is 23.9. The minimum atomic E-state index is -1.61. The monoisotopic (exact) mass is 458 g/mol. The van der Waals surface area contributed by atoms with Crippen molar-refractivity contribution >= 4 is 18.2 Å². The van der Waals surface area contributed by atoms with Crippen LogP contribution in [0.4, 0.5) is 0 Å². The van der Waals surface area contributed by atoms with Crippen molar-refractivity contribution in [1.82, 2.24) is 0 Å². The van der Waals surface area contributed by atoms with Crippen LogP contribution in [0.1, 0.15) is 111 Å². The summed E-state index contributed by atoms with van der Waals surface area (Å²) in [5.41, 5.74) is -1.61. The number of esters is 2. The highest BCUT2D eigenvalue weighted by molar-refractivity contribution is 5.97. The Bertz CT molecular complexity index is 481. The van der Waals surface area contributed by atoms with Crippen molar-refractivity contribution < 1.29 is 33.6 Å². The summed E-state index contributed by atoms with van der Waals surface area (Å²) in [5, 5.41) is 0. The minimum Gasteiger partial charge on any atom is -0.466 e. The maximum absolute atomic E-state index is 12.8. The molecule has 0 aromatic heterocycles. The van der Waals surface area contributed by atoms with E-state index in [9.17, 15) is 14.4 Å². The Hall–Kier alpha value is -1.47. The number of carbonyl (C=O) groups is 3. The number of carbonyl (C=O) groups excluding carboxylic acids is 3. The van der Waals surface area contributed by atoms with E-state index >= 15 is 0 Å². The van der Waals surface area contributed by atoms with Crippen LogP contribution in [-0.2, 0) is 33.6 Å². The third-order valence-electron chi connectivity index (χ3n) is 5.38. The van der Waals surface area contributed by atoms with E-state index < -0.39 is 17.4 Å². The lowest BCUT2D eigenvalue weighted by molar-refractivity contribution is -0.297. The molecule has 1 atom stereocenters. The van der Waals surface area contributed by atoms with Crippen molar-refractivity contribution in [2.24, 2.45) is 5.41 Å². The van der Waals surface area contributed by atoms with Crippen LogP contribution in [0.5, 0.6) is 0 Å². The van der Waals surface area contributed by atoms with Gasteiger partial charge in [0.1, 0.15) is 11.7 Å². The molecule has 0 aromatic carbocycles. The summed E-state index contributed by atoms with van der Waals surface area (Å²) < 4.78 is 10.6. The largest absolute Gasteiger partial charge is 0.466 e. The molecule has 0 aliphatic heterocycles. The number of aldehydes is 1. The van der Waals surface area contributed by atoms with Crippen LogP contribution in [0.3, 0.4) is 0 Å². The second kappa shape index (κ2) is 21.4. The molecule has 0 aliphatic rings. The van der Waals surface area contributed by atoms with E-state index in [1.54, 1.807) is 0 Å². The number of hydrogen-bond acceptors (Lipinski definition) is 7. The summed E-state index contributed by atoms with van der Waals surface area (Å²) in [7, 11) is 0. The molecule has 0 radical (unpaired) electrons. The van der Waals surface area contributed by atoms with E-state index in [1.165, 1.54) is 0 Å². The molecule has 7 nitrogen and oxygen atoms in total. The fourth-order valence-corrected chi connectivity index (χ4v) is 3.20. The van der Waals surface area contributed by atoms with E-state index in [1.807, 2.05) is 0 Å². The molecule has 0 aromatic rings. The summed E-state index contributed by atoms with van der Waals surface area (Å²) in [6.45, 7) is 7.33. The number of ether oxygens (including phenoxy) is 2. The topological polar surface area (TPSA) is 88.1 Å². The van der Waals surface area contributed by atoms with Gasteiger partial charge in [-0.2, -0.15) is 0 Å². The van der Waals surface area contributed by atoms with E-state index in [0.29, 0.717) is 12.9 Å². The molecular formula is C25H46O7. The van der Waals surface area contributed by atoms with Crippen molar-refractivity contribution in [3.05, 3.63) is 0 Å². The molecule has 7 heteroatoms. The molecule has 0 heterocycles. The molecule has 0 spiro atoms. The van der Waals surface area contributed by atoms with Crippen molar-refractivity contribution in [3.63, 3.8) is 0 Å². The lowest BCUT2D eigenvalue weighted by atomic mass is 9.83. The van der Waals surface area contributed by atoms with Gasteiger partial charge in [-0.3, -0.25) is 9.59 Å². The Morgan fingerprint density at radius 3 is 1.69 bits per heavy atom. The predicted molar refractivity (Wildman–Crippen MR) is 124 cm³/mol. The van der Waals surface area contributed by atoms with Gasteiger partial charge in [0, 0.05) is 0 Å². The highest BCUT2D eigenvalue weighted by Gasteiger charge is 2.42. The molecule has 0 aliphatic carbocycles. The molecule has 0 bridgehead atoms. The fraction of sp³-hybridized carbons (Fsp3) is 0.880. The molecule has 0 saturated carbocycles. The van der Waals surface area contributed by atoms with Crippen LogP contribution in [0.15, 0.2) is 0 Å². The highest BCUT2D eigenvalue weighted by Crippen LogP contribution is 2.27.